The van der Waals surface area contributed by atoms with Gasteiger partial charge in [0.25, 0.3) is 0 Å². The van der Waals surface area contributed by atoms with Crippen LogP contribution in [0.5, 0.6) is 0 Å². The van der Waals surface area contributed by atoms with E-state index in [4.69, 9.17) is 0 Å². The SMILES string of the molecule is CCC/C=C/C(C)=C/C(C)=O. The van der Waals surface area contributed by atoms with Gasteiger partial charge in [-0.1, -0.05) is 25.5 Å². The molecule has 0 fully saturated rings. The molecule has 0 aromatic carbocycles. The summed E-state index contributed by atoms with van der Waals surface area (Å²) in [6.07, 6.45) is 7.97. The number of allylic oxidation sites excluding steroid dienone is 4. The normalized spacial score (nSPS) is 12.5. The Morgan fingerprint density at radius 1 is 1.36 bits per heavy atom. The first-order chi connectivity index (χ1) is 5.16. The number of ketones is 1. The summed E-state index contributed by atoms with van der Waals surface area (Å²) < 4.78 is 0. The van der Waals surface area contributed by atoms with Gasteiger partial charge in [0.2, 0.25) is 0 Å². The number of carbonyl (C=O) groups is 1. The van der Waals surface area contributed by atoms with Crippen molar-refractivity contribution in [2.75, 3.05) is 0 Å². The van der Waals surface area contributed by atoms with E-state index in [1.165, 1.54) is 0 Å². The van der Waals surface area contributed by atoms with Crippen molar-refractivity contribution in [2.24, 2.45) is 0 Å². The highest BCUT2D eigenvalue weighted by Crippen LogP contribution is 1.97. The summed E-state index contributed by atoms with van der Waals surface area (Å²) in [6.45, 7) is 5.64. The average Bonchev–Trinajstić information content (AvgIpc) is 1.86. The quantitative estimate of drug-likeness (QED) is 0.447. The van der Waals surface area contributed by atoms with Crippen molar-refractivity contribution in [2.45, 2.75) is 33.6 Å². The second-order valence-electron chi connectivity index (χ2n) is 2.69. The Labute approximate surface area is 68.8 Å². The number of carbonyl (C=O) groups excluding carboxylic acids is 1. The van der Waals surface area contributed by atoms with Crippen molar-refractivity contribution < 1.29 is 4.79 Å². The molecule has 0 atom stereocenters. The van der Waals surface area contributed by atoms with Crippen LogP contribution in [0.25, 0.3) is 0 Å². The summed E-state index contributed by atoms with van der Waals surface area (Å²) in [4.78, 5) is 10.6. The molecule has 0 rings (SSSR count). The second-order valence-corrected chi connectivity index (χ2v) is 2.69. The molecule has 0 saturated carbocycles. The first-order valence-corrected chi connectivity index (χ1v) is 4.02. The van der Waals surface area contributed by atoms with Gasteiger partial charge in [-0.05, 0) is 31.9 Å². The first kappa shape index (κ1) is 10.2. The van der Waals surface area contributed by atoms with Crippen LogP contribution in [0.15, 0.2) is 23.8 Å². The molecular formula is C10H16O. The van der Waals surface area contributed by atoms with Crippen LogP contribution in [0.2, 0.25) is 0 Å². The molecule has 1 nitrogen and oxygen atoms in total. The van der Waals surface area contributed by atoms with E-state index < -0.39 is 0 Å². The Morgan fingerprint density at radius 2 is 2.00 bits per heavy atom. The first-order valence-electron chi connectivity index (χ1n) is 4.02. The van der Waals surface area contributed by atoms with Crippen LogP contribution in [0.1, 0.15) is 33.6 Å². The lowest BCUT2D eigenvalue weighted by molar-refractivity contribution is -0.112. The summed E-state index contributed by atoms with van der Waals surface area (Å²) in [7, 11) is 0. The van der Waals surface area contributed by atoms with Gasteiger partial charge in [-0.3, -0.25) is 4.79 Å². The Kier molecular flexibility index (Phi) is 5.44. The van der Waals surface area contributed by atoms with Crippen LogP contribution in [0.4, 0.5) is 0 Å². The second kappa shape index (κ2) is 5.90. The largest absolute Gasteiger partial charge is 0.295 e. The van der Waals surface area contributed by atoms with Crippen molar-refractivity contribution in [1.82, 2.24) is 0 Å². The zero-order valence-corrected chi connectivity index (χ0v) is 7.55. The monoisotopic (exact) mass is 152 g/mol. The molecule has 0 saturated heterocycles. The van der Waals surface area contributed by atoms with Gasteiger partial charge in [0.15, 0.2) is 5.78 Å². The molecule has 0 amide bonds. The van der Waals surface area contributed by atoms with Gasteiger partial charge in [0.1, 0.15) is 0 Å². The van der Waals surface area contributed by atoms with E-state index in [1.54, 1.807) is 13.0 Å². The van der Waals surface area contributed by atoms with E-state index >= 15 is 0 Å². The Hall–Kier alpha value is -0.850. The van der Waals surface area contributed by atoms with Gasteiger partial charge < -0.3 is 0 Å². The van der Waals surface area contributed by atoms with Crippen LogP contribution in [0.3, 0.4) is 0 Å². The third-order valence-corrected chi connectivity index (χ3v) is 1.27. The molecule has 0 aromatic rings. The minimum atomic E-state index is 0.114. The van der Waals surface area contributed by atoms with Crippen molar-refractivity contribution >= 4 is 5.78 Å². The zero-order valence-electron chi connectivity index (χ0n) is 7.55. The van der Waals surface area contributed by atoms with Crippen molar-refractivity contribution in [1.29, 1.82) is 0 Å². The molecule has 11 heavy (non-hydrogen) atoms. The molecule has 0 aliphatic heterocycles. The van der Waals surface area contributed by atoms with Crippen molar-refractivity contribution in [3.05, 3.63) is 23.8 Å². The highest BCUT2D eigenvalue weighted by molar-refractivity contribution is 5.88. The summed E-state index contributed by atoms with van der Waals surface area (Å²) in [5.74, 6) is 0.114. The van der Waals surface area contributed by atoms with Crippen LogP contribution in [-0.2, 0) is 4.79 Å². The highest BCUT2D eigenvalue weighted by atomic mass is 16.1. The van der Waals surface area contributed by atoms with Crippen LogP contribution in [0, 0.1) is 0 Å². The molecule has 0 aliphatic carbocycles. The Balaban J connectivity index is 3.85. The topological polar surface area (TPSA) is 17.1 Å². The van der Waals surface area contributed by atoms with Gasteiger partial charge in [0, 0.05) is 0 Å². The van der Waals surface area contributed by atoms with Crippen LogP contribution < -0.4 is 0 Å². The number of hydrogen-bond acceptors (Lipinski definition) is 1. The van der Waals surface area contributed by atoms with E-state index in [0.717, 1.165) is 18.4 Å². The van der Waals surface area contributed by atoms with Gasteiger partial charge in [0.05, 0.1) is 0 Å². The minimum Gasteiger partial charge on any atom is -0.295 e. The maximum absolute atomic E-state index is 10.6. The fraction of sp³-hybridized carbons (Fsp3) is 0.500. The Morgan fingerprint density at radius 3 is 2.45 bits per heavy atom. The average molecular weight is 152 g/mol. The van der Waals surface area contributed by atoms with Gasteiger partial charge in [-0.15, -0.1) is 0 Å². The predicted molar refractivity (Wildman–Crippen MR) is 48.5 cm³/mol. The number of rotatable bonds is 4. The lowest BCUT2D eigenvalue weighted by Gasteiger charge is -1.88. The van der Waals surface area contributed by atoms with E-state index in [0.29, 0.717) is 0 Å². The summed E-state index contributed by atoms with van der Waals surface area (Å²) in [5, 5.41) is 0. The summed E-state index contributed by atoms with van der Waals surface area (Å²) >= 11 is 0. The van der Waals surface area contributed by atoms with E-state index in [-0.39, 0.29) is 5.78 Å². The molecule has 0 unspecified atom stereocenters. The standard InChI is InChI=1S/C10H16O/c1-4-5-6-7-9(2)8-10(3)11/h6-8H,4-5H2,1-3H3/b7-6+,9-8+. The van der Waals surface area contributed by atoms with Crippen LogP contribution in [-0.4, -0.2) is 5.78 Å². The van der Waals surface area contributed by atoms with E-state index in [9.17, 15) is 4.79 Å². The smallest absolute Gasteiger partial charge is 0.152 e. The number of unbranched alkanes of at least 4 members (excludes halogenated alkanes) is 1. The molecule has 0 aromatic heterocycles. The maximum atomic E-state index is 10.6. The summed E-state index contributed by atoms with van der Waals surface area (Å²) in [5.41, 5.74) is 1.03. The fourth-order valence-electron chi connectivity index (χ4n) is 0.805. The zero-order chi connectivity index (χ0) is 8.69. The van der Waals surface area contributed by atoms with Gasteiger partial charge >= 0.3 is 0 Å². The molecule has 62 valence electrons. The van der Waals surface area contributed by atoms with Crippen LogP contribution >= 0.6 is 0 Å². The molecule has 0 N–H and O–H groups in total. The third-order valence-electron chi connectivity index (χ3n) is 1.27. The lowest BCUT2D eigenvalue weighted by atomic mass is 10.2. The molecular weight excluding hydrogens is 136 g/mol. The molecule has 0 spiro atoms. The molecule has 1 heteroatoms. The maximum Gasteiger partial charge on any atom is 0.152 e. The molecule has 0 heterocycles. The van der Waals surface area contributed by atoms with E-state index in [2.05, 4.69) is 13.0 Å². The molecule has 0 aliphatic rings. The van der Waals surface area contributed by atoms with Crippen molar-refractivity contribution in [3.8, 4) is 0 Å². The Bertz CT molecular complexity index is 175. The molecule has 0 radical (unpaired) electrons. The summed E-state index contributed by atoms with van der Waals surface area (Å²) in [6, 6.07) is 0. The number of hydrogen-bond donors (Lipinski definition) is 0. The van der Waals surface area contributed by atoms with Gasteiger partial charge in [-0.2, -0.15) is 0 Å². The predicted octanol–water partition coefficient (Wildman–Crippen LogP) is 2.88. The van der Waals surface area contributed by atoms with Gasteiger partial charge in [-0.25, -0.2) is 0 Å². The molecule has 0 bridgehead atoms. The van der Waals surface area contributed by atoms with E-state index in [1.807, 2.05) is 13.0 Å². The van der Waals surface area contributed by atoms with Crippen molar-refractivity contribution in [3.63, 3.8) is 0 Å². The fourth-order valence-corrected chi connectivity index (χ4v) is 0.805. The third kappa shape index (κ3) is 7.04. The highest BCUT2D eigenvalue weighted by Gasteiger charge is 1.85. The lowest BCUT2D eigenvalue weighted by Crippen LogP contribution is -1.82. The minimum absolute atomic E-state index is 0.114.